The van der Waals surface area contributed by atoms with Gasteiger partial charge in [0.1, 0.15) is 6.07 Å². The van der Waals surface area contributed by atoms with Gasteiger partial charge in [-0.25, -0.2) is 0 Å². The Hall–Kier alpha value is 0.0100. The van der Waals surface area contributed by atoms with Gasteiger partial charge in [-0.05, 0) is 6.26 Å². The Balaban J connectivity index is 0.00000144. The summed E-state index contributed by atoms with van der Waals surface area (Å²) in [6.07, 6.45) is 1.80. The molecule has 0 saturated carbocycles. The normalized spacial score (nSPS) is 8.62. The summed E-state index contributed by atoms with van der Waals surface area (Å²) < 4.78 is 0. The van der Waals surface area contributed by atoms with Crippen molar-refractivity contribution in [2.75, 3.05) is 6.26 Å². The van der Waals surface area contributed by atoms with Gasteiger partial charge in [-0.3, -0.25) is 4.79 Å². The summed E-state index contributed by atoms with van der Waals surface area (Å²) in [7, 11) is 0. The molecule has 0 aromatic carbocycles. The predicted octanol–water partition coefficient (Wildman–Crippen LogP) is -2.12. The SMILES string of the molecule is CSc1cc(=O)[nH]c([S-])c1C#N.[Na+]. The molecule has 0 aliphatic rings. The number of nitrogens with one attached hydrogen (secondary N) is 1. The number of nitrogens with zero attached hydrogens (tertiary/aromatic N) is 1. The zero-order valence-electron chi connectivity index (χ0n) is 7.25. The van der Waals surface area contributed by atoms with Crippen LogP contribution in [0.1, 0.15) is 5.56 Å². The molecule has 13 heavy (non-hydrogen) atoms. The van der Waals surface area contributed by atoms with Gasteiger partial charge >= 0.3 is 29.6 Å². The van der Waals surface area contributed by atoms with Crippen molar-refractivity contribution in [1.82, 2.24) is 4.98 Å². The maximum Gasteiger partial charge on any atom is 1.00 e. The van der Waals surface area contributed by atoms with E-state index in [4.69, 9.17) is 17.9 Å². The van der Waals surface area contributed by atoms with Gasteiger partial charge in [-0.2, -0.15) is 5.26 Å². The maximum absolute atomic E-state index is 10.9. The maximum atomic E-state index is 10.9. The molecule has 0 bridgehead atoms. The average molecular weight is 220 g/mol. The largest absolute Gasteiger partial charge is 1.00 e. The summed E-state index contributed by atoms with van der Waals surface area (Å²) in [5, 5.41) is 8.89. The molecule has 0 saturated heterocycles. The molecule has 1 rings (SSSR count). The van der Waals surface area contributed by atoms with Gasteiger partial charge in [-0.15, -0.1) is 11.8 Å². The molecule has 1 heterocycles. The summed E-state index contributed by atoms with van der Waals surface area (Å²) in [5.74, 6) is 0. The van der Waals surface area contributed by atoms with Crippen LogP contribution in [0.15, 0.2) is 20.8 Å². The van der Waals surface area contributed by atoms with Crippen molar-refractivity contribution in [2.24, 2.45) is 0 Å². The van der Waals surface area contributed by atoms with Gasteiger partial charge in [0.2, 0.25) is 5.56 Å². The smallest absolute Gasteiger partial charge is 0.761 e. The first kappa shape index (κ1) is 13.0. The second kappa shape index (κ2) is 5.68. The Morgan fingerprint density at radius 3 is 2.77 bits per heavy atom. The molecular weight excluding hydrogens is 215 g/mol. The van der Waals surface area contributed by atoms with E-state index in [9.17, 15) is 4.79 Å². The van der Waals surface area contributed by atoms with Crippen LogP contribution in [-0.4, -0.2) is 11.2 Å². The topological polar surface area (TPSA) is 56.6 Å². The van der Waals surface area contributed by atoms with E-state index in [0.717, 1.165) is 0 Å². The summed E-state index contributed by atoms with van der Waals surface area (Å²) in [6.45, 7) is 0. The van der Waals surface area contributed by atoms with Crippen LogP contribution in [0.2, 0.25) is 0 Å². The third kappa shape index (κ3) is 3.01. The number of hydrogen-bond acceptors (Lipinski definition) is 4. The fourth-order valence-corrected chi connectivity index (χ4v) is 1.68. The average Bonchev–Trinajstić information content (AvgIpc) is 2.03. The summed E-state index contributed by atoms with van der Waals surface area (Å²) in [5.41, 5.74) is 0.112. The Morgan fingerprint density at radius 2 is 2.31 bits per heavy atom. The fraction of sp³-hybridized carbons (Fsp3) is 0.143. The van der Waals surface area contributed by atoms with Crippen LogP contribution in [0.3, 0.4) is 0 Å². The molecule has 3 nitrogen and oxygen atoms in total. The molecule has 0 spiro atoms. The van der Waals surface area contributed by atoms with Gasteiger partial charge < -0.3 is 17.6 Å². The van der Waals surface area contributed by atoms with E-state index in [0.29, 0.717) is 10.5 Å². The van der Waals surface area contributed by atoms with Crippen LogP contribution in [0, 0.1) is 11.3 Å². The first-order chi connectivity index (χ1) is 5.69. The van der Waals surface area contributed by atoms with E-state index in [1.807, 2.05) is 6.07 Å². The minimum Gasteiger partial charge on any atom is -0.761 e. The number of aromatic nitrogens is 1. The minimum absolute atomic E-state index is 0. The summed E-state index contributed by atoms with van der Waals surface area (Å²) >= 11 is 6.14. The van der Waals surface area contributed by atoms with Crippen molar-refractivity contribution in [3.63, 3.8) is 0 Å². The molecule has 62 valence electrons. The number of rotatable bonds is 1. The van der Waals surface area contributed by atoms with Crippen LogP contribution in [0.25, 0.3) is 0 Å². The van der Waals surface area contributed by atoms with Crippen LogP contribution < -0.4 is 35.1 Å². The Labute approximate surface area is 108 Å². The predicted molar refractivity (Wildman–Crippen MR) is 49.2 cm³/mol. The van der Waals surface area contributed by atoms with Gasteiger partial charge in [0, 0.05) is 11.0 Å². The van der Waals surface area contributed by atoms with Crippen molar-refractivity contribution in [3.05, 3.63) is 22.0 Å². The first-order valence-electron chi connectivity index (χ1n) is 3.07. The molecule has 0 unspecified atom stereocenters. The Morgan fingerprint density at radius 1 is 1.69 bits per heavy atom. The number of H-pyrrole nitrogens is 1. The van der Waals surface area contributed by atoms with Crippen LogP contribution >= 0.6 is 11.8 Å². The van der Waals surface area contributed by atoms with E-state index in [1.54, 1.807) is 6.26 Å². The van der Waals surface area contributed by atoms with Crippen LogP contribution in [0.4, 0.5) is 0 Å². The van der Waals surface area contributed by atoms with Crippen molar-refractivity contribution in [2.45, 2.75) is 9.92 Å². The van der Waals surface area contributed by atoms with E-state index >= 15 is 0 Å². The number of hydrogen-bond donors (Lipinski definition) is 1. The minimum atomic E-state index is -0.261. The molecule has 0 aliphatic carbocycles. The van der Waals surface area contributed by atoms with Gasteiger partial charge in [-0.1, -0.05) is 5.03 Å². The quantitative estimate of drug-likeness (QED) is 0.334. The third-order valence-electron chi connectivity index (χ3n) is 1.30. The Bertz CT molecular complexity index is 396. The molecule has 1 aromatic heterocycles. The molecule has 1 N–H and O–H groups in total. The standard InChI is InChI=1S/C7H6N2OS2.Na/c1-12-5-2-6(10)9-7(11)4(5)3-8;/h2H,1H3,(H2,9,10,11);/q;+1/p-1. The number of nitriles is 1. The van der Waals surface area contributed by atoms with Crippen molar-refractivity contribution in [3.8, 4) is 6.07 Å². The molecule has 6 heteroatoms. The summed E-state index contributed by atoms with van der Waals surface area (Å²) in [6, 6.07) is 3.32. The molecular formula is C7H5N2NaOS2. The van der Waals surface area contributed by atoms with E-state index in [-0.39, 0.29) is 40.1 Å². The van der Waals surface area contributed by atoms with Crippen molar-refractivity contribution < 1.29 is 29.6 Å². The van der Waals surface area contributed by atoms with E-state index in [2.05, 4.69) is 4.98 Å². The zero-order chi connectivity index (χ0) is 9.14. The molecule has 0 amide bonds. The van der Waals surface area contributed by atoms with Gasteiger partial charge in [0.25, 0.3) is 0 Å². The monoisotopic (exact) mass is 220 g/mol. The molecule has 0 radical (unpaired) electrons. The van der Waals surface area contributed by atoms with E-state index < -0.39 is 0 Å². The van der Waals surface area contributed by atoms with Gasteiger partial charge in [0.05, 0.1) is 5.56 Å². The van der Waals surface area contributed by atoms with Crippen LogP contribution in [0.5, 0.6) is 0 Å². The first-order valence-corrected chi connectivity index (χ1v) is 4.70. The Kier molecular flexibility index (Phi) is 5.68. The number of thioether (sulfide) groups is 1. The second-order valence-corrected chi connectivity index (χ2v) is 3.27. The summed E-state index contributed by atoms with van der Waals surface area (Å²) in [4.78, 5) is 13.9. The number of pyridine rings is 1. The fourth-order valence-electron chi connectivity index (χ4n) is 0.780. The molecule has 0 aliphatic heterocycles. The second-order valence-electron chi connectivity index (χ2n) is 2.02. The van der Waals surface area contributed by atoms with Crippen LogP contribution in [-0.2, 0) is 12.6 Å². The number of aromatic amines is 1. The van der Waals surface area contributed by atoms with E-state index in [1.165, 1.54) is 17.8 Å². The van der Waals surface area contributed by atoms with Gasteiger partial charge in [0.15, 0.2) is 0 Å². The molecule has 0 atom stereocenters. The zero-order valence-corrected chi connectivity index (χ0v) is 10.9. The van der Waals surface area contributed by atoms with Crippen molar-refractivity contribution in [1.29, 1.82) is 5.26 Å². The molecule has 1 aromatic rings. The molecule has 0 fully saturated rings. The third-order valence-corrected chi connectivity index (χ3v) is 2.37. The van der Waals surface area contributed by atoms with Crippen molar-refractivity contribution >= 4 is 24.4 Å².